The Hall–Kier alpha value is -4.30. The van der Waals surface area contributed by atoms with Gasteiger partial charge in [-0.2, -0.15) is 0 Å². The third kappa shape index (κ3) is 3.45. The molecule has 170 valence electrons. The van der Waals surface area contributed by atoms with Gasteiger partial charge in [0.2, 0.25) is 0 Å². The van der Waals surface area contributed by atoms with Crippen LogP contribution in [0.4, 0.5) is 5.82 Å². The van der Waals surface area contributed by atoms with Crippen molar-refractivity contribution in [2.24, 2.45) is 0 Å². The van der Waals surface area contributed by atoms with E-state index in [1.807, 2.05) is 36.4 Å². The van der Waals surface area contributed by atoms with Gasteiger partial charge in [0, 0.05) is 16.8 Å². The number of hydrogen-bond acceptors (Lipinski definition) is 5. The van der Waals surface area contributed by atoms with Gasteiger partial charge in [0.1, 0.15) is 22.2 Å². The minimum atomic E-state index is -0.564. The molecule has 5 rings (SSSR count). The Bertz CT molecular complexity index is 1670. The van der Waals surface area contributed by atoms with Gasteiger partial charge in [-0.3, -0.25) is 9.36 Å². The first kappa shape index (κ1) is 21.5. The van der Waals surface area contributed by atoms with Crippen LogP contribution in [0.5, 0.6) is 5.75 Å². The number of hydrogen-bond donors (Lipinski definition) is 2. The van der Waals surface area contributed by atoms with Crippen molar-refractivity contribution >= 4 is 28.5 Å². The molecule has 0 aliphatic rings. The monoisotopic (exact) mass is 473 g/mol. The van der Waals surface area contributed by atoms with Crippen molar-refractivity contribution in [3.8, 4) is 28.4 Å². The SMILES string of the molecule is COc1cccc(-n2c(=O)[nH]c3cc(Cl)n(-c4ccc(-c5cccc(N)n5)cc4)c3c2=O)c1C. The van der Waals surface area contributed by atoms with Gasteiger partial charge >= 0.3 is 5.69 Å². The number of aromatic nitrogens is 4. The number of rotatable bonds is 4. The van der Waals surface area contributed by atoms with Crippen LogP contribution >= 0.6 is 11.6 Å². The summed E-state index contributed by atoms with van der Waals surface area (Å²) in [6.45, 7) is 1.79. The number of anilines is 1. The Morgan fingerprint density at radius 1 is 1.00 bits per heavy atom. The molecule has 0 saturated heterocycles. The predicted molar refractivity (Wildman–Crippen MR) is 133 cm³/mol. The van der Waals surface area contributed by atoms with Crippen LogP contribution in [0, 0.1) is 6.92 Å². The molecule has 8 nitrogen and oxygen atoms in total. The molecule has 2 aromatic carbocycles. The first-order valence-electron chi connectivity index (χ1n) is 10.4. The average Bonchev–Trinajstić information content (AvgIpc) is 3.16. The standard InChI is InChI=1S/C25H20ClN5O3/c1-14-19(6-4-7-20(14)34-2)31-24(32)23-18(29-25(31)33)13-21(26)30(23)16-11-9-15(10-12-16)17-5-3-8-22(27)28-17/h3-13H,1-2H3,(H2,27,28)(H,29,33). The highest BCUT2D eigenvalue weighted by Gasteiger charge is 2.19. The van der Waals surface area contributed by atoms with E-state index in [2.05, 4.69) is 9.97 Å². The van der Waals surface area contributed by atoms with Gasteiger partial charge in [0.15, 0.2) is 0 Å². The van der Waals surface area contributed by atoms with Crippen molar-refractivity contribution in [1.29, 1.82) is 0 Å². The second-order valence-electron chi connectivity index (χ2n) is 7.73. The van der Waals surface area contributed by atoms with Crippen LogP contribution in [-0.4, -0.2) is 26.2 Å². The molecular formula is C25H20ClN5O3. The largest absolute Gasteiger partial charge is 0.496 e. The summed E-state index contributed by atoms with van der Waals surface area (Å²) in [4.78, 5) is 33.6. The van der Waals surface area contributed by atoms with Crippen LogP contribution in [0.1, 0.15) is 5.56 Å². The first-order chi connectivity index (χ1) is 16.4. The molecule has 0 aliphatic heterocycles. The fraction of sp³-hybridized carbons (Fsp3) is 0.0800. The Morgan fingerprint density at radius 2 is 1.74 bits per heavy atom. The van der Waals surface area contributed by atoms with E-state index < -0.39 is 11.2 Å². The number of methoxy groups -OCH3 is 1. The third-order valence-electron chi connectivity index (χ3n) is 5.71. The lowest BCUT2D eigenvalue weighted by Gasteiger charge is -2.13. The zero-order valence-electron chi connectivity index (χ0n) is 18.4. The van der Waals surface area contributed by atoms with Crippen molar-refractivity contribution in [3.05, 3.63) is 98.3 Å². The Kier molecular flexibility index (Phi) is 5.22. The van der Waals surface area contributed by atoms with E-state index in [-0.39, 0.29) is 10.7 Å². The number of pyridine rings is 1. The summed E-state index contributed by atoms with van der Waals surface area (Å²) in [6.07, 6.45) is 0. The van der Waals surface area contributed by atoms with E-state index >= 15 is 0 Å². The minimum absolute atomic E-state index is 0.252. The molecule has 5 aromatic rings. The molecule has 0 saturated carbocycles. The molecule has 0 aliphatic carbocycles. The molecule has 0 bridgehead atoms. The Morgan fingerprint density at radius 3 is 2.44 bits per heavy atom. The second kappa shape index (κ2) is 8.24. The van der Waals surface area contributed by atoms with E-state index in [1.54, 1.807) is 41.8 Å². The molecule has 0 amide bonds. The van der Waals surface area contributed by atoms with Crippen LogP contribution in [-0.2, 0) is 0 Å². The molecule has 3 heterocycles. The summed E-state index contributed by atoms with van der Waals surface area (Å²) in [5, 5.41) is 0.290. The van der Waals surface area contributed by atoms with Crippen LogP contribution in [0.3, 0.4) is 0 Å². The lowest BCUT2D eigenvalue weighted by atomic mass is 10.1. The lowest BCUT2D eigenvalue weighted by Crippen LogP contribution is -2.34. The summed E-state index contributed by atoms with van der Waals surface area (Å²) in [5.41, 5.74) is 8.68. The fourth-order valence-electron chi connectivity index (χ4n) is 4.09. The summed E-state index contributed by atoms with van der Waals surface area (Å²) in [5.74, 6) is 1.00. The molecule has 3 aromatic heterocycles. The number of aromatic amines is 1. The molecule has 0 fully saturated rings. The predicted octanol–water partition coefficient (Wildman–Crippen LogP) is 4.08. The number of halogens is 1. The van der Waals surface area contributed by atoms with Crippen LogP contribution in [0.15, 0.2) is 76.3 Å². The number of ether oxygens (including phenoxy) is 1. The van der Waals surface area contributed by atoms with Crippen molar-refractivity contribution in [3.63, 3.8) is 0 Å². The molecule has 9 heteroatoms. The normalized spacial score (nSPS) is 11.1. The third-order valence-corrected chi connectivity index (χ3v) is 5.99. The number of nitrogens with two attached hydrogens (primary N) is 1. The molecular weight excluding hydrogens is 454 g/mol. The van der Waals surface area contributed by atoms with E-state index in [4.69, 9.17) is 22.1 Å². The highest BCUT2D eigenvalue weighted by atomic mass is 35.5. The van der Waals surface area contributed by atoms with Crippen molar-refractivity contribution in [2.45, 2.75) is 6.92 Å². The van der Waals surface area contributed by atoms with Crippen molar-refractivity contribution in [2.75, 3.05) is 12.8 Å². The van der Waals surface area contributed by atoms with Gasteiger partial charge in [-0.1, -0.05) is 35.9 Å². The maximum Gasteiger partial charge on any atom is 0.333 e. The number of nitrogens with one attached hydrogen (secondary N) is 1. The van der Waals surface area contributed by atoms with Crippen molar-refractivity contribution in [1.82, 2.24) is 19.1 Å². The average molecular weight is 474 g/mol. The van der Waals surface area contributed by atoms with Crippen LogP contribution in [0.2, 0.25) is 5.15 Å². The Balaban J connectivity index is 1.71. The fourth-order valence-corrected chi connectivity index (χ4v) is 4.38. The van der Waals surface area contributed by atoms with E-state index in [0.717, 1.165) is 15.8 Å². The number of nitrogen functional groups attached to an aromatic ring is 1. The van der Waals surface area contributed by atoms with Crippen LogP contribution in [0.25, 0.3) is 33.7 Å². The Labute approximate surface area is 198 Å². The van der Waals surface area contributed by atoms with Crippen LogP contribution < -0.4 is 21.7 Å². The molecule has 0 atom stereocenters. The number of nitrogens with zero attached hydrogens (tertiary/aromatic N) is 3. The zero-order valence-corrected chi connectivity index (χ0v) is 19.1. The van der Waals surface area contributed by atoms with Gasteiger partial charge in [-0.25, -0.2) is 14.3 Å². The maximum atomic E-state index is 13.6. The summed E-state index contributed by atoms with van der Waals surface area (Å²) in [7, 11) is 1.54. The van der Waals surface area contributed by atoms with Gasteiger partial charge in [0.25, 0.3) is 5.56 Å². The van der Waals surface area contributed by atoms with Gasteiger partial charge in [0.05, 0.1) is 24.0 Å². The summed E-state index contributed by atoms with van der Waals surface area (Å²) in [6, 6.07) is 19.6. The van der Waals surface area contributed by atoms with Gasteiger partial charge in [-0.05, 0) is 49.4 Å². The highest BCUT2D eigenvalue weighted by Crippen LogP contribution is 2.27. The molecule has 0 spiro atoms. The van der Waals surface area contributed by atoms with E-state index in [1.165, 1.54) is 7.11 Å². The summed E-state index contributed by atoms with van der Waals surface area (Å²) < 4.78 is 8.06. The van der Waals surface area contributed by atoms with E-state index in [9.17, 15) is 9.59 Å². The van der Waals surface area contributed by atoms with Gasteiger partial charge in [-0.15, -0.1) is 0 Å². The number of benzene rings is 2. The zero-order chi connectivity index (χ0) is 24.0. The van der Waals surface area contributed by atoms with Crippen molar-refractivity contribution < 1.29 is 4.74 Å². The quantitative estimate of drug-likeness (QED) is 0.409. The molecule has 0 unspecified atom stereocenters. The second-order valence-corrected chi connectivity index (χ2v) is 8.12. The maximum absolute atomic E-state index is 13.6. The minimum Gasteiger partial charge on any atom is -0.496 e. The molecule has 0 radical (unpaired) electrons. The highest BCUT2D eigenvalue weighted by molar-refractivity contribution is 6.31. The molecule has 3 N–H and O–H groups in total. The first-order valence-corrected chi connectivity index (χ1v) is 10.8. The lowest BCUT2D eigenvalue weighted by molar-refractivity contribution is 0.411. The smallest absolute Gasteiger partial charge is 0.333 e. The summed E-state index contributed by atoms with van der Waals surface area (Å²) >= 11 is 6.53. The van der Waals surface area contributed by atoms with Gasteiger partial charge < -0.3 is 15.5 Å². The van der Waals surface area contributed by atoms with E-state index in [0.29, 0.717) is 34.0 Å². The topological polar surface area (TPSA) is 108 Å². The number of fused-ring (bicyclic) bond motifs is 1. The molecule has 34 heavy (non-hydrogen) atoms. The number of H-pyrrole nitrogens is 1.